The molecule has 1 fully saturated rings. The van der Waals surface area contributed by atoms with Crippen LogP contribution >= 0.6 is 0 Å². The number of carbonyl (C=O) groups excluding carboxylic acids is 2. The first kappa shape index (κ1) is 22.4. The van der Waals surface area contributed by atoms with E-state index in [9.17, 15) is 27.9 Å². The van der Waals surface area contributed by atoms with E-state index in [-0.39, 0.29) is 40.7 Å². The van der Waals surface area contributed by atoms with Crippen LogP contribution in [0.5, 0.6) is 0 Å². The second kappa shape index (κ2) is 8.81. The molecule has 134 valence electrons. The number of allylic oxidation sites excluding steroid dienone is 1. The number of aryl methyl sites for hydroxylation is 1. The number of likely N-dealkylation sites (tertiary alicyclic amines) is 1. The fourth-order valence-electron chi connectivity index (χ4n) is 2.52. The molecule has 1 aromatic carbocycles. The summed E-state index contributed by atoms with van der Waals surface area (Å²) in [5.74, 6) is -2.80. The number of amides is 2. The molecule has 26 heavy (non-hydrogen) atoms. The molecule has 0 bridgehead atoms. The smallest absolute Gasteiger partial charge is 0.477 e. The first-order valence-electron chi connectivity index (χ1n) is 7.34. The summed E-state index contributed by atoms with van der Waals surface area (Å²) >= 11 is 0. The molecule has 2 amide bonds. The van der Waals surface area contributed by atoms with Gasteiger partial charge in [0.15, 0.2) is 0 Å². The van der Waals surface area contributed by atoms with Crippen LogP contribution in [0.3, 0.4) is 0 Å². The second-order valence-electron chi connectivity index (χ2n) is 5.83. The van der Waals surface area contributed by atoms with E-state index in [0.717, 1.165) is 5.56 Å². The molecule has 2 N–H and O–H groups in total. The minimum atomic E-state index is -2.79. The number of β-lactam (4-membered cyclic amide) rings is 1. The van der Waals surface area contributed by atoms with Gasteiger partial charge in [-0.2, -0.15) is 0 Å². The standard InChI is InChI=1S/C16H17N2O6S.Na/c1-8(2)12(16(21)22)18-14(20)11(15(18)25(23)24)17-13(19)10-6-4-9(3)5-7-10;/h4-7,11,15H,1-3H3,(H,17,19)(H,21,22);/q-1;+1. The maximum atomic E-state index is 12.3. The first-order valence-corrected chi connectivity index (χ1v) is 8.48. The molecule has 1 aromatic rings. The number of carbonyl (C=O) groups is 3. The Kier molecular flexibility index (Phi) is 7.57. The average molecular weight is 388 g/mol. The fraction of sp³-hybridized carbons (Fsp3) is 0.312. The summed E-state index contributed by atoms with van der Waals surface area (Å²) in [4.78, 5) is 36.5. The molecule has 0 aliphatic carbocycles. The van der Waals surface area contributed by atoms with Crippen LogP contribution in [0.1, 0.15) is 29.8 Å². The van der Waals surface area contributed by atoms with Crippen LogP contribution in [0.25, 0.3) is 0 Å². The average Bonchev–Trinajstić information content (AvgIpc) is 2.52. The van der Waals surface area contributed by atoms with Gasteiger partial charge in [-0.15, -0.1) is 0 Å². The van der Waals surface area contributed by atoms with Crippen molar-refractivity contribution in [3.8, 4) is 0 Å². The molecular weight excluding hydrogens is 371 g/mol. The molecule has 1 aliphatic rings. The van der Waals surface area contributed by atoms with Crippen molar-refractivity contribution >= 4 is 28.5 Å². The molecule has 0 spiro atoms. The Labute approximate surface area is 174 Å². The summed E-state index contributed by atoms with van der Waals surface area (Å²) in [6.45, 7) is 4.76. The van der Waals surface area contributed by atoms with Crippen LogP contribution < -0.4 is 34.9 Å². The minimum Gasteiger partial charge on any atom is -0.477 e. The number of carboxylic acids is 1. The summed E-state index contributed by atoms with van der Waals surface area (Å²) in [6, 6.07) is 5.18. The zero-order valence-corrected chi connectivity index (χ0v) is 17.6. The zero-order valence-electron chi connectivity index (χ0n) is 14.8. The maximum Gasteiger partial charge on any atom is 1.00 e. The Hall–Kier alpha value is -1.68. The van der Waals surface area contributed by atoms with Gasteiger partial charge in [-0.1, -0.05) is 28.4 Å². The van der Waals surface area contributed by atoms with Gasteiger partial charge in [-0.3, -0.25) is 9.59 Å². The Balaban J connectivity index is 0.00000338. The summed E-state index contributed by atoms with van der Waals surface area (Å²) < 4.78 is 23.0. The van der Waals surface area contributed by atoms with E-state index in [1.165, 1.54) is 13.8 Å². The third kappa shape index (κ3) is 4.35. The van der Waals surface area contributed by atoms with Gasteiger partial charge in [-0.25, -0.2) is 4.79 Å². The Morgan fingerprint density at radius 2 is 1.69 bits per heavy atom. The molecule has 1 heterocycles. The largest absolute Gasteiger partial charge is 1.00 e. The molecule has 0 radical (unpaired) electrons. The van der Waals surface area contributed by atoms with E-state index < -0.39 is 45.6 Å². The number of aliphatic carboxylic acids is 1. The topological polar surface area (TPSA) is 121 Å². The third-order valence-electron chi connectivity index (χ3n) is 3.76. The van der Waals surface area contributed by atoms with Gasteiger partial charge in [0.25, 0.3) is 5.91 Å². The van der Waals surface area contributed by atoms with Crippen LogP contribution in [0.2, 0.25) is 0 Å². The molecule has 2 atom stereocenters. The monoisotopic (exact) mass is 388 g/mol. The molecule has 8 nitrogen and oxygen atoms in total. The molecule has 1 aliphatic heterocycles. The molecule has 2 rings (SSSR count). The van der Waals surface area contributed by atoms with Crippen LogP contribution in [0.4, 0.5) is 0 Å². The fourth-order valence-corrected chi connectivity index (χ4v) is 3.31. The Morgan fingerprint density at radius 1 is 1.15 bits per heavy atom. The molecule has 2 unspecified atom stereocenters. The van der Waals surface area contributed by atoms with Gasteiger partial charge in [-0.05, 0) is 38.5 Å². The van der Waals surface area contributed by atoms with E-state index in [1.54, 1.807) is 24.3 Å². The van der Waals surface area contributed by atoms with Crippen molar-refractivity contribution in [1.82, 2.24) is 10.2 Å². The molecule has 10 heteroatoms. The van der Waals surface area contributed by atoms with Crippen LogP contribution in [0.15, 0.2) is 35.5 Å². The number of rotatable bonds is 5. The SMILES string of the molecule is CC(C)=C(C(=O)O)N1C(=O)C(NC(=O)c2ccc(C)cc2)C1[S-](=O)=O.[Na+]. The minimum absolute atomic E-state index is 0. The van der Waals surface area contributed by atoms with Crippen molar-refractivity contribution in [1.29, 1.82) is 0 Å². The summed E-state index contributed by atoms with van der Waals surface area (Å²) in [6.07, 6.45) is 0. The van der Waals surface area contributed by atoms with Crippen LogP contribution in [0, 0.1) is 6.92 Å². The van der Waals surface area contributed by atoms with Crippen molar-refractivity contribution in [3.63, 3.8) is 0 Å². The van der Waals surface area contributed by atoms with Gasteiger partial charge >= 0.3 is 35.5 Å². The molecule has 0 saturated carbocycles. The predicted octanol–water partition coefficient (Wildman–Crippen LogP) is -2.05. The predicted molar refractivity (Wildman–Crippen MR) is 87.8 cm³/mol. The molecule has 1 saturated heterocycles. The van der Waals surface area contributed by atoms with E-state index in [0.29, 0.717) is 4.90 Å². The molecular formula is C16H17N2NaO6S. The summed E-state index contributed by atoms with van der Waals surface area (Å²) in [7, 11) is -2.79. The van der Waals surface area contributed by atoms with Crippen molar-refractivity contribution in [2.24, 2.45) is 0 Å². The van der Waals surface area contributed by atoms with Crippen LogP contribution in [-0.4, -0.2) is 39.2 Å². The summed E-state index contributed by atoms with van der Waals surface area (Å²) in [5, 5.41) is 10.1. The number of hydrogen-bond acceptors (Lipinski definition) is 6. The number of benzene rings is 1. The van der Waals surface area contributed by atoms with Crippen LogP contribution in [-0.2, 0) is 28.7 Å². The van der Waals surface area contributed by atoms with Gasteiger partial charge in [0.05, 0.1) is 0 Å². The summed E-state index contributed by atoms with van der Waals surface area (Å²) in [5.41, 5.74) is 1.09. The van der Waals surface area contributed by atoms with E-state index >= 15 is 0 Å². The third-order valence-corrected chi connectivity index (χ3v) is 4.64. The Bertz CT molecular complexity index is 835. The van der Waals surface area contributed by atoms with E-state index in [4.69, 9.17) is 0 Å². The second-order valence-corrected chi connectivity index (χ2v) is 6.83. The number of nitrogens with zero attached hydrogens (tertiary/aromatic N) is 1. The maximum absolute atomic E-state index is 12.3. The van der Waals surface area contributed by atoms with Gasteiger partial charge in [0, 0.05) is 10.9 Å². The number of hydrogen-bond donors (Lipinski definition) is 2. The zero-order chi connectivity index (χ0) is 18.9. The quantitative estimate of drug-likeness (QED) is 0.259. The van der Waals surface area contributed by atoms with Crippen molar-refractivity contribution < 1.29 is 57.5 Å². The molecule has 0 aromatic heterocycles. The number of carboxylic acid groups (broad SMARTS) is 1. The van der Waals surface area contributed by atoms with Gasteiger partial charge < -0.3 is 23.7 Å². The van der Waals surface area contributed by atoms with Crippen molar-refractivity contribution in [2.45, 2.75) is 32.2 Å². The van der Waals surface area contributed by atoms with Gasteiger partial charge in [0.2, 0.25) is 5.91 Å². The first-order chi connectivity index (χ1) is 11.6. The van der Waals surface area contributed by atoms with E-state index in [1.807, 2.05) is 6.92 Å². The van der Waals surface area contributed by atoms with E-state index in [2.05, 4.69) is 5.32 Å². The van der Waals surface area contributed by atoms with Crippen molar-refractivity contribution in [2.75, 3.05) is 0 Å². The van der Waals surface area contributed by atoms with Gasteiger partial charge in [0.1, 0.15) is 11.7 Å². The normalized spacial score (nSPS) is 18.6. The van der Waals surface area contributed by atoms with Crippen molar-refractivity contribution in [3.05, 3.63) is 46.7 Å². The number of nitrogens with one attached hydrogen (secondary N) is 1. The Morgan fingerprint density at radius 3 is 2.12 bits per heavy atom.